The number of hydrogen-bond acceptors (Lipinski definition) is 3. The normalized spacial score (nSPS) is 23.9. The van der Waals surface area contributed by atoms with Gasteiger partial charge in [0.05, 0.1) is 10.9 Å². The number of rotatable bonds is 1. The average Bonchev–Trinajstić information content (AvgIpc) is 2.15. The van der Waals surface area contributed by atoms with Gasteiger partial charge in [-0.25, -0.2) is 0 Å². The number of thioether (sulfide) groups is 1. The molecule has 2 unspecified atom stereocenters. The largest absolute Gasteiger partial charge is 0.360 e. The molecular formula is C12H16N2OS. The van der Waals surface area contributed by atoms with E-state index in [0.29, 0.717) is 5.92 Å². The molecule has 1 heterocycles. The average molecular weight is 236 g/mol. The number of primary amides is 1. The predicted molar refractivity (Wildman–Crippen MR) is 66.4 cm³/mol. The van der Waals surface area contributed by atoms with Crippen molar-refractivity contribution < 1.29 is 4.79 Å². The topological polar surface area (TPSA) is 56.0 Å². The van der Waals surface area contributed by atoms with Crippen LogP contribution in [0.2, 0.25) is 0 Å². The third-order valence-electron chi connectivity index (χ3n) is 2.89. The SMILES string of the molecule is Cc1cnc2c(c1)CC(C)CC2SC(N)=O. The number of nitrogens with zero attached hydrogens (tertiary/aromatic N) is 1. The maximum absolute atomic E-state index is 11.0. The summed E-state index contributed by atoms with van der Waals surface area (Å²) in [5, 5.41) is -0.177. The highest BCUT2D eigenvalue weighted by Crippen LogP contribution is 2.40. The Morgan fingerprint density at radius 2 is 2.38 bits per heavy atom. The Morgan fingerprint density at radius 1 is 1.62 bits per heavy atom. The standard InChI is InChI=1S/C12H16N2OS/c1-7-3-9-4-8(2)6-14-11(9)10(5-7)16-12(13)15/h4,6-7,10H,3,5H2,1-2H3,(H2,13,15). The Hall–Kier alpha value is -1.03. The van der Waals surface area contributed by atoms with E-state index >= 15 is 0 Å². The predicted octanol–water partition coefficient (Wildman–Crippen LogP) is 2.83. The molecule has 1 amide bonds. The molecule has 0 bridgehead atoms. The first-order valence-corrected chi connectivity index (χ1v) is 6.35. The molecule has 2 atom stereocenters. The van der Waals surface area contributed by atoms with E-state index in [9.17, 15) is 4.79 Å². The van der Waals surface area contributed by atoms with Gasteiger partial charge in [0, 0.05) is 6.20 Å². The third kappa shape index (κ3) is 2.38. The zero-order chi connectivity index (χ0) is 11.7. The summed E-state index contributed by atoms with van der Waals surface area (Å²) in [6.07, 6.45) is 3.90. The van der Waals surface area contributed by atoms with Gasteiger partial charge in [-0.15, -0.1) is 0 Å². The van der Waals surface area contributed by atoms with Crippen molar-refractivity contribution in [3.05, 3.63) is 29.1 Å². The van der Waals surface area contributed by atoms with E-state index in [-0.39, 0.29) is 10.5 Å². The maximum atomic E-state index is 11.0. The van der Waals surface area contributed by atoms with Crippen molar-refractivity contribution in [3.63, 3.8) is 0 Å². The molecule has 1 aliphatic carbocycles. The Labute approximate surface area is 99.8 Å². The zero-order valence-electron chi connectivity index (χ0n) is 9.56. The van der Waals surface area contributed by atoms with Crippen molar-refractivity contribution in [3.8, 4) is 0 Å². The Bertz CT molecular complexity index is 419. The van der Waals surface area contributed by atoms with Crippen molar-refractivity contribution in [2.24, 2.45) is 11.7 Å². The van der Waals surface area contributed by atoms with Crippen molar-refractivity contribution in [1.82, 2.24) is 4.98 Å². The second-order valence-electron chi connectivity index (χ2n) is 4.53. The van der Waals surface area contributed by atoms with Gasteiger partial charge in [0.15, 0.2) is 0 Å². The summed E-state index contributed by atoms with van der Waals surface area (Å²) >= 11 is 1.20. The molecule has 0 aliphatic heterocycles. The summed E-state index contributed by atoms with van der Waals surface area (Å²) < 4.78 is 0. The summed E-state index contributed by atoms with van der Waals surface area (Å²) in [5.41, 5.74) is 8.75. The van der Waals surface area contributed by atoms with Crippen LogP contribution < -0.4 is 5.73 Å². The smallest absolute Gasteiger partial charge is 0.277 e. The lowest BCUT2D eigenvalue weighted by Crippen LogP contribution is -2.19. The van der Waals surface area contributed by atoms with Crippen LogP contribution >= 0.6 is 11.8 Å². The molecule has 1 aliphatic rings. The molecule has 0 aromatic carbocycles. The molecule has 0 saturated carbocycles. The van der Waals surface area contributed by atoms with Crippen LogP contribution in [0.3, 0.4) is 0 Å². The van der Waals surface area contributed by atoms with Crippen LogP contribution in [0, 0.1) is 12.8 Å². The molecule has 0 spiro atoms. The fourth-order valence-electron chi connectivity index (χ4n) is 2.27. The van der Waals surface area contributed by atoms with Crippen LogP contribution in [0.15, 0.2) is 12.3 Å². The summed E-state index contributed by atoms with van der Waals surface area (Å²) in [5.74, 6) is 0.591. The zero-order valence-corrected chi connectivity index (χ0v) is 10.4. The van der Waals surface area contributed by atoms with Crippen LogP contribution in [0.1, 0.15) is 35.4 Å². The van der Waals surface area contributed by atoms with Gasteiger partial charge in [0.2, 0.25) is 0 Å². The minimum atomic E-state index is -0.313. The van der Waals surface area contributed by atoms with Gasteiger partial charge in [-0.3, -0.25) is 9.78 Å². The summed E-state index contributed by atoms with van der Waals surface area (Å²) in [6, 6.07) is 2.17. The highest BCUT2D eigenvalue weighted by atomic mass is 32.2. The van der Waals surface area contributed by atoms with Crippen molar-refractivity contribution >= 4 is 17.0 Å². The highest BCUT2D eigenvalue weighted by molar-refractivity contribution is 8.13. The van der Waals surface area contributed by atoms with E-state index in [1.807, 2.05) is 13.1 Å². The Kier molecular flexibility index (Phi) is 3.19. The minimum absolute atomic E-state index is 0.136. The fraction of sp³-hybridized carbons (Fsp3) is 0.500. The van der Waals surface area contributed by atoms with Gasteiger partial charge in [0.1, 0.15) is 0 Å². The number of nitrogens with two attached hydrogens (primary N) is 1. The summed E-state index contributed by atoms with van der Waals surface area (Å²) in [7, 11) is 0. The first kappa shape index (κ1) is 11.5. The summed E-state index contributed by atoms with van der Waals surface area (Å²) in [4.78, 5) is 15.5. The van der Waals surface area contributed by atoms with E-state index in [0.717, 1.165) is 18.5 Å². The first-order valence-electron chi connectivity index (χ1n) is 5.47. The van der Waals surface area contributed by atoms with E-state index in [2.05, 4.69) is 18.0 Å². The molecule has 0 saturated heterocycles. The van der Waals surface area contributed by atoms with Crippen molar-refractivity contribution in [1.29, 1.82) is 0 Å². The van der Waals surface area contributed by atoms with E-state index in [1.165, 1.54) is 22.9 Å². The Balaban J connectivity index is 2.34. The van der Waals surface area contributed by atoms with E-state index in [4.69, 9.17) is 5.73 Å². The molecule has 1 aromatic heterocycles. The number of pyridine rings is 1. The van der Waals surface area contributed by atoms with Gasteiger partial charge in [0.25, 0.3) is 5.24 Å². The number of fused-ring (bicyclic) bond motifs is 1. The molecule has 16 heavy (non-hydrogen) atoms. The molecule has 0 radical (unpaired) electrons. The maximum Gasteiger partial charge on any atom is 0.277 e. The van der Waals surface area contributed by atoms with Gasteiger partial charge in [-0.2, -0.15) is 0 Å². The summed E-state index contributed by atoms with van der Waals surface area (Å²) in [6.45, 7) is 4.25. The number of aromatic nitrogens is 1. The number of carbonyl (C=O) groups is 1. The highest BCUT2D eigenvalue weighted by Gasteiger charge is 2.27. The van der Waals surface area contributed by atoms with Gasteiger partial charge in [-0.05, 0) is 36.8 Å². The van der Waals surface area contributed by atoms with Crippen LogP contribution in [0.5, 0.6) is 0 Å². The van der Waals surface area contributed by atoms with Crippen molar-refractivity contribution in [2.75, 3.05) is 0 Å². The Morgan fingerprint density at radius 3 is 3.06 bits per heavy atom. The molecular weight excluding hydrogens is 220 g/mol. The van der Waals surface area contributed by atoms with Crippen molar-refractivity contribution in [2.45, 2.75) is 31.9 Å². The molecule has 1 aromatic rings. The third-order valence-corrected chi connectivity index (χ3v) is 3.82. The quantitative estimate of drug-likeness (QED) is 0.815. The van der Waals surface area contributed by atoms with Crippen LogP contribution in [-0.2, 0) is 6.42 Å². The molecule has 4 heteroatoms. The monoisotopic (exact) mass is 236 g/mol. The molecule has 2 rings (SSSR count). The number of amides is 1. The minimum Gasteiger partial charge on any atom is -0.360 e. The van der Waals surface area contributed by atoms with Gasteiger partial charge >= 0.3 is 0 Å². The second kappa shape index (κ2) is 4.45. The van der Waals surface area contributed by atoms with Crippen LogP contribution in [0.4, 0.5) is 4.79 Å². The first-order chi connectivity index (χ1) is 7.56. The van der Waals surface area contributed by atoms with Crippen LogP contribution in [0.25, 0.3) is 0 Å². The van der Waals surface area contributed by atoms with E-state index < -0.39 is 0 Å². The lowest BCUT2D eigenvalue weighted by Gasteiger charge is -2.27. The van der Waals surface area contributed by atoms with E-state index in [1.54, 1.807) is 0 Å². The molecule has 0 fully saturated rings. The second-order valence-corrected chi connectivity index (χ2v) is 5.73. The lowest BCUT2D eigenvalue weighted by atomic mass is 9.87. The molecule has 86 valence electrons. The molecule has 3 nitrogen and oxygen atoms in total. The number of hydrogen-bond donors (Lipinski definition) is 1. The number of carbonyl (C=O) groups excluding carboxylic acids is 1. The van der Waals surface area contributed by atoms with Crippen LogP contribution in [-0.4, -0.2) is 10.2 Å². The number of aryl methyl sites for hydroxylation is 1. The lowest BCUT2D eigenvalue weighted by molar-refractivity contribution is 0.267. The molecule has 2 N–H and O–H groups in total. The van der Waals surface area contributed by atoms with Gasteiger partial charge < -0.3 is 5.73 Å². The van der Waals surface area contributed by atoms with Gasteiger partial charge in [-0.1, -0.05) is 24.8 Å². The fourth-order valence-corrected chi connectivity index (χ4v) is 3.30.